The fourth-order valence-electron chi connectivity index (χ4n) is 0.886. The molecule has 0 atom stereocenters. The SMILES string of the molecule is CCOCCOc1nc(Cl)ccc1N. The van der Waals surface area contributed by atoms with Crippen LogP contribution in [0, 0.1) is 0 Å². The van der Waals surface area contributed by atoms with Crippen LogP contribution < -0.4 is 10.5 Å². The molecule has 0 aliphatic rings. The van der Waals surface area contributed by atoms with Gasteiger partial charge in [-0.25, -0.2) is 0 Å². The summed E-state index contributed by atoms with van der Waals surface area (Å²) in [5.74, 6) is 0.359. The molecule has 78 valence electrons. The molecule has 0 saturated carbocycles. The molecule has 0 aliphatic heterocycles. The minimum absolute atomic E-state index is 0.359. The van der Waals surface area contributed by atoms with E-state index < -0.39 is 0 Å². The van der Waals surface area contributed by atoms with E-state index in [1.165, 1.54) is 0 Å². The van der Waals surface area contributed by atoms with Crippen molar-refractivity contribution >= 4 is 17.3 Å². The van der Waals surface area contributed by atoms with Crippen LogP contribution in [-0.2, 0) is 4.74 Å². The van der Waals surface area contributed by atoms with Gasteiger partial charge < -0.3 is 15.2 Å². The lowest BCUT2D eigenvalue weighted by atomic mass is 10.4. The van der Waals surface area contributed by atoms with Crippen molar-refractivity contribution in [2.75, 3.05) is 25.6 Å². The number of nitrogen functional groups attached to an aromatic ring is 1. The average Bonchev–Trinajstić information content (AvgIpc) is 2.18. The molecule has 0 unspecified atom stereocenters. The summed E-state index contributed by atoms with van der Waals surface area (Å²) in [6.07, 6.45) is 0. The first-order valence-electron chi connectivity index (χ1n) is 4.36. The third-order valence-electron chi connectivity index (χ3n) is 1.53. The number of aromatic nitrogens is 1. The van der Waals surface area contributed by atoms with E-state index in [2.05, 4.69) is 4.98 Å². The number of nitrogens with two attached hydrogens (primary N) is 1. The van der Waals surface area contributed by atoms with Gasteiger partial charge in [-0.05, 0) is 19.1 Å². The van der Waals surface area contributed by atoms with Gasteiger partial charge in [0.2, 0.25) is 5.88 Å². The average molecular weight is 217 g/mol. The zero-order chi connectivity index (χ0) is 10.4. The maximum atomic E-state index is 5.68. The second-order valence-electron chi connectivity index (χ2n) is 2.57. The van der Waals surface area contributed by atoms with E-state index >= 15 is 0 Å². The monoisotopic (exact) mass is 216 g/mol. The molecule has 1 aromatic heterocycles. The van der Waals surface area contributed by atoms with Gasteiger partial charge in [-0.1, -0.05) is 11.6 Å². The Hall–Kier alpha value is -1.00. The number of nitrogens with zero attached hydrogens (tertiary/aromatic N) is 1. The van der Waals surface area contributed by atoms with Gasteiger partial charge in [-0.2, -0.15) is 4.98 Å². The van der Waals surface area contributed by atoms with Crippen molar-refractivity contribution in [3.63, 3.8) is 0 Å². The van der Waals surface area contributed by atoms with E-state index in [1.54, 1.807) is 12.1 Å². The second kappa shape index (κ2) is 5.67. The molecule has 0 aliphatic carbocycles. The Morgan fingerprint density at radius 1 is 1.43 bits per heavy atom. The Bertz CT molecular complexity index is 294. The van der Waals surface area contributed by atoms with Gasteiger partial charge in [0.15, 0.2) is 0 Å². The van der Waals surface area contributed by atoms with Crippen molar-refractivity contribution in [1.82, 2.24) is 4.98 Å². The van der Waals surface area contributed by atoms with E-state index in [0.29, 0.717) is 36.5 Å². The minimum atomic E-state index is 0.359. The van der Waals surface area contributed by atoms with Gasteiger partial charge in [-0.15, -0.1) is 0 Å². The summed E-state index contributed by atoms with van der Waals surface area (Å²) < 4.78 is 10.4. The third kappa shape index (κ3) is 3.40. The van der Waals surface area contributed by atoms with Crippen LogP contribution in [-0.4, -0.2) is 24.8 Å². The fraction of sp³-hybridized carbons (Fsp3) is 0.444. The zero-order valence-electron chi connectivity index (χ0n) is 8.00. The van der Waals surface area contributed by atoms with Crippen molar-refractivity contribution in [3.05, 3.63) is 17.3 Å². The smallest absolute Gasteiger partial charge is 0.238 e. The van der Waals surface area contributed by atoms with Crippen molar-refractivity contribution in [2.24, 2.45) is 0 Å². The number of anilines is 1. The molecule has 4 nitrogen and oxygen atoms in total. The predicted octanol–water partition coefficient (Wildman–Crippen LogP) is 1.73. The van der Waals surface area contributed by atoms with E-state index in [-0.39, 0.29) is 0 Å². The molecule has 1 rings (SSSR count). The summed E-state index contributed by atoms with van der Waals surface area (Å²) in [6.45, 7) is 3.53. The van der Waals surface area contributed by atoms with Crippen molar-refractivity contribution in [1.29, 1.82) is 0 Å². The fourth-order valence-corrected chi connectivity index (χ4v) is 1.03. The van der Waals surface area contributed by atoms with Crippen LogP contribution in [0.25, 0.3) is 0 Å². The molecule has 2 N–H and O–H groups in total. The molecule has 0 radical (unpaired) electrons. The van der Waals surface area contributed by atoms with E-state index in [0.717, 1.165) is 0 Å². The van der Waals surface area contributed by atoms with Gasteiger partial charge >= 0.3 is 0 Å². The van der Waals surface area contributed by atoms with Crippen LogP contribution in [0.5, 0.6) is 5.88 Å². The standard InChI is InChI=1S/C9H13ClN2O2/c1-2-13-5-6-14-9-7(11)3-4-8(10)12-9/h3-4H,2,5-6,11H2,1H3. The van der Waals surface area contributed by atoms with Gasteiger partial charge in [0.1, 0.15) is 11.8 Å². The first-order valence-corrected chi connectivity index (χ1v) is 4.74. The normalized spacial score (nSPS) is 10.1. The molecule has 0 saturated heterocycles. The third-order valence-corrected chi connectivity index (χ3v) is 1.74. The Labute approximate surface area is 88.0 Å². The maximum Gasteiger partial charge on any atom is 0.238 e. The summed E-state index contributed by atoms with van der Waals surface area (Å²) in [5.41, 5.74) is 6.09. The molecular weight excluding hydrogens is 204 g/mol. The molecule has 0 aromatic carbocycles. The van der Waals surface area contributed by atoms with E-state index in [4.69, 9.17) is 26.8 Å². The Kier molecular flexibility index (Phi) is 4.49. The van der Waals surface area contributed by atoms with Crippen LogP contribution in [0.3, 0.4) is 0 Å². The number of pyridine rings is 1. The Morgan fingerprint density at radius 2 is 2.21 bits per heavy atom. The maximum absolute atomic E-state index is 5.68. The number of ether oxygens (including phenoxy) is 2. The lowest BCUT2D eigenvalue weighted by Gasteiger charge is -2.07. The lowest BCUT2D eigenvalue weighted by molar-refractivity contribution is 0.109. The summed E-state index contributed by atoms with van der Waals surface area (Å²) in [6, 6.07) is 3.28. The van der Waals surface area contributed by atoms with Gasteiger partial charge in [0.05, 0.1) is 12.3 Å². The summed E-state index contributed by atoms with van der Waals surface area (Å²) in [5, 5.41) is 0.366. The van der Waals surface area contributed by atoms with Crippen LogP contribution in [0.4, 0.5) is 5.69 Å². The van der Waals surface area contributed by atoms with Crippen molar-refractivity contribution in [3.8, 4) is 5.88 Å². The molecule has 5 heteroatoms. The molecule has 0 amide bonds. The number of hydrogen-bond acceptors (Lipinski definition) is 4. The summed E-state index contributed by atoms with van der Waals surface area (Å²) in [4.78, 5) is 3.93. The molecule has 0 spiro atoms. The highest BCUT2D eigenvalue weighted by molar-refractivity contribution is 6.29. The van der Waals surface area contributed by atoms with Crippen LogP contribution in [0.1, 0.15) is 6.92 Å². The first kappa shape index (κ1) is 11.1. The molecule has 1 heterocycles. The number of halogens is 1. The van der Waals surface area contributed by atoms with Crippen LogP contribution in [0.2, 0.25) is 5.15 Å². The van der Waals surface area contributed by atoms with Crippen LogP contribution >= 0.6 is 11.6 Å². The Morgan fingerprint density at radius 3 is 2.93 bits per heavy atom. The van der Waals surface area contributed by atoms with Gasteiger partial charge in [0, 0.05) is 6.61 Å². The van der Waals surface area contributed by atoms with Gasteiger partial charge in [0.25, 0.3) is 0 Å². The molecule has 0 bridgehead atoms. The Balaban J connectivity index is 2.45. The summed E-state index contributed by atoms with van der Waals surface area (Å²) in [7, 11) is 0. The largest absolute Gasteiger partial charge is 0.474 e. The zero-order valence-corrected chi connectivity index (χ0v) is 8.75. The van der Waals surface area contributed by atoms with Crippen molar-refractivity contribution in [2.45, 2.75) is 6.92 Å². The highest BCUT2D eigenvalue weighted by atomic mass is 35.5. The van der Waals surface area contributed by atoms with Gasteiger partial charge in [-0.3, -0.25) is 0 Å². The minimum Gasteiger partial charge on any atom is -0.474 e. The number of rotatable bonds is 5. The van der Waals surface area contributed by atoms with E-state index in [9.17, 15) is 0 Å². The van der Waals surface area contributed by atoms with Crippen molar-refractivity contribution < 1.29 is 9.47 Å². The van der Waals surface area contributed by atoms with E-state index in [1.807, 2.05) is 6.92 Å². The lowest BCUT2D eigenvalue weighted by Crippen LogP contribution is -2.08. The quantitative estimate of drug-likeness (QED) is 0.602. The first-order chi connectivity index (χ1) is 6.74. The molecular formula is C9H13ClN2O2. The second-order valence-corrected chi connectivity index (χ2v) is 2.96. The summed E-state index contributed by atoms with van der Waals surface area (Å²) >= 11 is 5.68. The highest BCUT2D eigenvalue weighted by Gasteiger charge is 2.02. The number of hydrogen-bond donors (Lipinski definition) is 1. The molecule has 1 aromatic rings. The topological polar surface area (TPSA) is 57.4 Å². The molecule has 0 fully saturated rings. The highest BCUT2D eigenvalue weighted by Crippen LogP contribution is 2.20. The predicted molar refractivity (Wildman–Crippen MR) is 55.6 cm³/mol. The molecule has 14 heavy (non-hydrogen) atoms. The van der Waals surface area contributed by atoms with Crippen LogP contribution in [0.15, 0.2) is 12.1 Å².